The number of hydrogen-bond donors (Lipinski definition) is 1. The predicted octanol–water partition coefficient (Wildman–Crippen LogP) is 2.23. The summed E-state index contributed by atoms with van der Waals surface area (Å²) < 4.78 is 0. The molecule has 1 amide bonds. The molecule has 0 radical (unpaired) electrons. The van der Waals surface area contributed by atoms with Gasteiger partial charge in [-0.1, -0.05) is 11.6 Å². The Kier molecular flexibility index (Phi) is 2.75. The second kappa shape index (κ2) is 3.81. The molecular weight excluding hydrogens is 176 g/mol. The number of carbonyl (C=O) groups excluding carboxylic acids is 1. The molecule has 0 saturated heterocycles. The minimum Gasteiger partial charge on any atom is -0.266 e. The zero-order valence-electron chi connectivity index (χ0n) is 6.04. The van der Waals surface area contributed by atoms with Gasteiger partial charge in [-0.15, -0.1) is 4.99 Å². The molecule has 0 saturated carbocycles. The molecule has 1 aromatic carbocycles. The number of amides is 1. The lowest BCUT2D eigenvalue weighted by Gasteiger charge is -1.92. The van der Waals surface area contributed by atoms with Crippen LogP contribution in [0.2, 0.25) is 5.02 Å². The van der Waals surface area contributed by atoms with Gasteiger partial charge in [0.05, 0.1) is 6.01 Å². The van der Waals surface area contributed by atoms with E-state index < -0.39 is 5.91 Å². The molecule has 0 aliphatic heterocycles. The molecule has 0 aliphatic carbocycles. The molecule has 1 N–H and O–H groups in total. The van der Waals surface area contributed by atoms with Crippen LogP contribution in [0.15, 0.2) is 29.3 Å². The Morgan fingerprint density at radius 1 is 1.42 bits per heavy atom. The smallest absolute Gasteiger partial charge is 0.266 e. The summed E-state index contributed by atoms with van der Waals surface area (Å²) in [6, 6.07) is 7.95. The zero-order chi connectivity index (χ0) is 8.97. The Hall–Kier alpha value is -1.44. The lowest BCUT2D eigenvalue weighted by Crippen LogP contribution is -1.92. The molecule has 60 valence electrons. The highest BCUT2D eigenvalue weighted by molar-refractivity contribution is 6.30. The molecule has 0 fully saturated rings. The largest absolute Gasteiger partial charge is 0.286 e. The van der Waals surface area contributed by atoms with E-state index in [4.69, 9.17) is 17.0 Å². The maximum absolute atomic E-state index is 11.0. The van der Waals surface area contributed by atoms with E-state index in [1.54, 1.807) is 30.3 Å². The van der Waals surface area contributed by atoms with Crippen molar-refractivity contribution in [1.82, 2.24) is 0 Å². The second-order valence-corrected chi connectivity index (χ2v) is 2.47. The van der Waals surface area contributed by atoms with Gasteiger partial charge in [0.1, 0.15) is 0 Å². The maximum Gasteiger partial charge on any atom is 0.286 e. The Labute approximate surface area is 74.2 Å². The Balaban J connectivity index is 2.97. The van der Waals surface area contributed by atoms with E-state index in [-0.39, 0.29) is 0 Å². The van der Waals surface area contributed by atoms with Gasteiger partial charge in [0, 0.05) is 10.6 Å². The lowest BCUT2D eigenvalue weighted by molar-refractivity contribution is 0.100. The number of carbonyl (C=O) groups is 1. The predicted molar refractivity (Wildman–Crippen MR) is 45.9 cm³/mol. The molecule has 1 aromatic rings. The van der Waals surface area contributed by atoms with E-state index >= 15 is 0 Å². The van der Waals surface area contributed by atoms with Gasteiger partial charge < -0.3 is 0 Å². The standard InChI is InChI=1S/C8H5ClN2O/c9-7-3-1-6(2-4-7)8(12)11-5-10/h1-4,10H. The van der Waals surface area contributed by atoms with Crippen LogP contribution in [0.25, 0.3) is 0 Å². The summed E-state index contributed by atoms with van der Waals surface area (Å²) in [5.41, 5.74) is 0.402. The number of halogens is 1. The van der Waals surface area contributed by atoms with Crippen LogP contribution in [0.4, 0.5) is 0 Å². The van der Waals surface area contributed by atoms with E-state index in [1.165, 1.54) is 0 Å². The summed E-state index contributed by atoms with van der Waals surface area (Å²) in [6.45, 7) is 0. The number of benzene rings is 1. The zero-order valence-corrected chi connectivity index (χ0v) is 6.80. The Bertz CT molecular complexity index is 339. The molecule has 3 nitrogen and oxygen atoms in total. The van der Waals surface area contributed by atoms with Gasteiger partial charge in [-0.3, -0.25) is 4.79 Å². The van der Waals surface area contributed by atoms with Crippen LogP contribution in [-0.2, 0) is 0 Å². The van der Waals surface area contributed by atoms with E-state index in [9.17, 15) is 4.79 Å². The summed E-state index contributed by atoms with van der Waals surface area (Å²) >= 11 is 5.60. The van der Waals surface area contributed by atoms with Gasteiger partial charge in [0.15, 0.2) is 0 Å². The first-order chi connectivity index (χ1) is 5.74. The molecule has 4 heteroatoms. The van der Waals surface area contributed by atoms with Crippen LogP contribution >= 0.6 is 11.6 Å². The molecule has 0 aliphatic rings. The minimum atomic E-state index is -0.485. The van der Waals surface area contributed by atoms with Crippen molar-refractivity contribution in [3.8, 4) is 0 Å². The number of aliphatic imine (C=N–C) groups is 1. The second-order valence-electron chi connectivity index (χ2n) is 2.04. The fourth-order valence-electron chi connectivity index (χ4n) is 0.708. The monoisotopic (exact) mass is 180 g/mol. The number of rotatable bonds is 1. The van der Waals surface area contributed by atoms with Crippen molar-refractivity contribution in [2.24, 2.45) is 4.99 Å². The van der Waals surface area contributed by atoms with Gasteiger partial charge in [0.2, 0.25) is 0 Å². The normalized spacial score (nSPS) is 8.75. The van der Waals surface area contributed by atoms with Crippen LogP contribution in [0.5, 0.6) is 0 Å². The molecule has 1 rings (SSSR count). The van der Waals surface area contributed by atoms with Crippen LogP contribution in [-0.4, -0.2) is 11.9 Å². The highest BCUT2D eigenvalue weighted by Crippen LogP contribution is 2.09. The van der Waals surface area contributed by atoms with Crippen LogP contribution in [0.1, 0.15) is 10.4 Å². The first-order valence-corrected chi connectivity index (χ1v) is 3.54. The minimum absolute atomic E-state index is 0.402. The summed E-state index contributed by atoms with van der Waals surface area (Å²) in [7, 11) is 0. The van der Waals surface area contributed by atoms with Crippen molar-refractivity contribution in [2.75, 3.05) is 0 Å². The van der Waals surface area contributed by atoms with E-state index in [2.05, 4.69) is 4.99 Å². The summed E-state index contributed by atoms with van der Waals surface area (Å²) in [4.78, 5) is 14.1. The highest BCUT2D eigenvalue weighted by atomic mass is 35.5. The quantitative estimate of drug-likeness (QED) is 0.662. The van der Waals surface area contributed by atoms with Gasteiger partial charge >= 0.3 is 0 Å². The van der Waals surface area contributed by atoms with Crippen LogP contribution < -0.4 is 0 Å². The molecule has 0 aromatic heterocycles. The first kappa shape index (κ1) is 8.65. The third-order valence-electron chi connectivity index (χ3n) is 1.25. The van der Waals surface area contributed by atoms with Gasteiger partial charge in [-0.05, 0) is 24.3 Å². The van der Waals surface area contributed by atoms with E-state index in [1.807, 2.05) is 0 Å². The van der Waals surface area contributed by atoms with Crippen LogP contribution in [0, 0.1) is 5.41 Å². The summed E-state index contributed by atoms with van der Waals surface area (Å²) in [6.07, 6.45) is 0. The molecule has 0 unspecified atom stereocenters. The summed E-state index contributed by atoms with van der Waals surface area (Å²) in [5, 5.41) is 7.02. The van der Waals surface area contributed by atoms with Crippen molar-refractivity contribution in [3.05, 3.63) is 34.9 Å². The van der Waals surface area contributed by atoms with E-state index in [0.717, 1.165) is 0 Å². The van der Waals surface area contributed by atoms with Crippen molar-refractivity contribution in [1.29, 1.82) is 5.41 Å². The van der Waals surface area contributed by atoms with Crippen molar-refractivity contribution in [2.45, 2.75) is 0 Å². The third-order valence-corrected chi connectivity index (χ3v) is 1.50. The molecule has 0 bridgehead atoms. The number of nitrogens with zero attached hydrogens (tertiary/aromatic N) is 1. The Morgan fingerprint density at radius 3 is 2.50 bits per heavy atom. The van der Waals surface area contributed by atoms with Crippen molar-refractivity contribution in [3.63, 3.8) is 0 Å². The number of hydrogen-bond acceptors (Lipinski definition) is 2. The van der Waals surface area contributed by atoms with E-state index in [0.29, 0.717) is 10.6 Å². The Morgan fingerprint density at radius 2 is 2.00 bits per heavy atom. The molecule has 12 heavy (non-hydrogen) atoms. The molecule has 0 atom stereocenters. The average molecular weight is 181 g/mol. The van der Waals surface area contributed by atoms with Crippen molar-refractivity contribution < 1.29 is 4.79 Å². The summed E-state index contributed by atoms with van der Waals surface area (Å²) in [5.74, 6) is -0.485. The highest BCUT2D eigenvalue weighted by Gasteiger charge is 2.01. The van der Waals surface area contributed by atoms with Crippen molar-refractivity contribution >= 4 is 23.5 Å². The fraction of sp³-hybridized carbons (Fsp3) is 0. The van der Waals surface area contributed by atoms with Gasteiger partial charge in [-0.25, -0.2) is 5.41 Å². The van der Waals surface area contributed by atoms with Gasteiger partial charge in [-0.2, -0.15) is 0 Å². The maximum atomic E-state index is 11.0. The third kappa shape index (κ3) is 2.02. The SMILES string of the molecule is N=C=NC(=O)c1ccc(Cl)cc1. The fourth-order valence-corrected chi connectivity index (χ4v) is 0.834. The molecule has 0 heterocycles. The van der Waals surface area contributed by atoms with Gasteiger partial charge in [0.25, 0.3) is 5.91 Å². The lowest BCUT2D eigenvalue weighted by atomic mass is 10.2. The van der Waals surface area contributed by atoms with Crippen LogP contribution in [0.3, 0.4) is 0 Å². The topological polar surface area (TPSA) is 53.3 Å². The average Bonchev–Trinajstić information content (AvgIpc) is 2.06. The molecular formula is C8H5ClN2O. The molecule has 0 spiro atoms. The number of nitrogens with one attached hydrogen (secondary N) is 1. The first-order valence-electron chi connectivity index (χ1n) is 3.16.